The number of amides is 1. The Labute approximate surface area is 177 Å². The van der Waals surface area contributed by atoms with Gasteiger partial charge in [-0.3, -0.25) is 19.6 Å². The molecule has 0 unspecified atom stereocenters. The topological polar surface area (TPSA) is 158 Å². The van der Waals surface area contributed by atoms with Crippen LogP contribution in [-0.4, -0.2) is 47.6 Å². The molecule has 2 aromatic carbocycles. The van der Waals surface area contributed by atoms with Crippen molar-refractivity contribution in [1.82, 2.24) is 15.0 Å². The van der Waals surface area contributed by atoms with Crippen molar-refractivity contribution in [3.8, 4) is 11.4 Å². The number of methoxy groups -OCH3 is 1. The highest BCUT2D eigenvalue weighted by Crippen LogP contribution is 2.29. The van der Waals surface area contributed by atoms with E-state index in [2.05, 4.69) is 20.4 Å². The zero-order chi connectivity index (χ0) is 22.8. The summed E-state index contributed by atoms with van der Waals surface area (Å²) >= 11 is 0. The van der Waals surface area contributed by atoms with Gasteiger partial charge in [0.05, 0.1) is 35.4 Å². The molecule has 1 amide bonds. The number of carbonyl (C=O) groups excluding carboxylic acids is 1. The molecule has 0 aliphatic rings. The Morgan fingerprint density at radius 3 is 2.61 bits per heavy atom. The van der Waals surface area contributed by atoms with Crippen LogP contribution in [0.2, 0.25) is 0 Å². The largest absolute Gasteiger partial charge is 0.494 e. The van der Waals surface area contributed by atoms with E-state index in [0.717, 1.165) is 6.26 Å². The maximum Gasteiger partial charge on any atom is 0.278 e. The van der Waals surface area contributed by atoms with E-state index in [1.807, 2.05) is 0 Å². The number of ether oxygens (including phenoxy) is 1. The molecular weight excluding hydrogens is 428 g/mol. The Bertz CT molecular complexity index is 1270. The van der Waals surface area contributed by atoms with Crippen LogP contribution in [0.15, 0.2) is 42.5 Å². The third-order valence-electron chi connectivity index (χ3n) is 4.15. The monoisotopic (exact) mass is 446 g/mol. The maximum atomic E-state index is 12.7. The third kappa shape index (κ3) is 4.95. The summed E-state index contributed by atoms with van der Waals surface area (Å²) in [5.41, 5.74) is 1.22. The molecule has 2 N–H and O–H groups in total. The summed E-state index contributed by atoms with van der Waals surface area (Å²) in [5.74, 6) is -0.361. The Morgan fingerprint density at radius 1 is 1.23 bits per heavy atom. The summed E-state index contributed by atoms with van der Waals surface area (Å²) in [6.45, 7) is 1.60. The van der Waals surface area contributed by atoms with Crippen molar-refractivity contribution in [3.63, 3.8) is 0 Å². The highest BCUT2D eigenvalue weighted by atomic mass is 32.2. The molecule has 0 spiro atoms. The summed E-state index contributed by atoms with van der Waals surface area (Å²) in [6, 6.07) is 10.2. The lowest BCUT2D eigenvalue weighted by Gasteiger charge is -2.12. The molecular formula is C18H18N6O6S. The van der Waals surface area contributed by atoms with E-state index in [9.17, 15) is 23.3 Å². The molecule has 0 fully saturated rings. The number of benzene rings is 2. The summed E-state index contributed by atoms with van der Waals surface area (Å²) in [5, 5.41) is 21.4. The second-order valence-corrected chi connectivity index (χ2v) is 8.20. The van der Waals surface area contributed by atoms with Crippen LogP contribution in [0.25, 0.3) is 5.69 Å². The van der Waals surface area contributed by atoms with Gasteiger partial charge in [0.2, 0.25) is 10.0 Å². The van der Waals surface area contributed by atoms with E-state index < -0.39 is 20.9 Å². The van der Waals surface area contributed by atoms with Gasteiger partial charge in [0, 0.05) is 23.9 Å². The van der Waals surface area contributed by atoms with Crippen molar-refractivity contribution in [2.75, 3.05) is 23.4 Å². The third-order valence-corrected chi connectivity index (χ3v) is 4.74. The fourth-order valence-electron chi connectivity index (χ4n) is 2.77. The number of nitro benzene ring substituents is 1. The Balaban J connectivity index is 1.85. The molecule has 0 atom stereocenters. The average molecular weight is 446 g/mol. The zero-order valence-corrected chi connectivity index (χ0v) is 17.5. The summed E-state index contributed by atoms with van der Waals surface area (Å²) in [4.78, 5) is 23.1. The minimum atomic E-state index is -3.51. The second-order valence-electron chi connectivity index (χ2n) is 6.46. The zero-order valence-electron chi connectivity index (χ0n) is 16.7. The van der Waals surface area contributed by atoms with E-state index in [-0.39, 0.29) is 22.8 Å². The fourth-order valence-corrected chi connectivity index (χ4v) is 3.33. The Morgan fingerprint density at radius 2 is 1.97 bits per heavy atom. The number of nitro groups is 1. The first kappa shape index (κ1) is 21.7. The van der Waals surface area contributed by atoms with Crippen LogP contribution in [0.1, 0.15) is 16.2 Å². The van der Waals surface area contributed by atoms with Gasteiger partial charge in [-0.25, -0.2) is 13.1 Å². The summed E-state index contributed by atoms with van der Waals surface area (Å²) in [6.07, 6.45) is 1.01. The van der Waals surface area contributed by atoms with Crippen LogP contribution in [0.3, 0.4) is 0 Å². The van der Waals surface area contributed by atoms with Gasteiger partial charge in [0.1, 0.15) is 5.75 Å². The van der Waals surface area contributed by atoms with Crippen LogP contribution < -0.4 is 14.8 Å². The normalized spacial score (nSPS) is 11.1. The van der Waals surface area contributed by atoms with Crippen LogP contribution in [0.5, 0.6) is 5.75 Å². The van der Waals surface area contributed by atoms with Gasteiger partial charge in [0.15, 0.2) is 5.69 Å². The molecule has 1 heterocycles. The number of anilines is 2. The molecule has 31 heavy (non-hydrogen) atoms. The molecule has 12 nitrogen and oxygen atoms in total. The highest BCUT2D eigenvalue weighted by Gasteiger charge is 2.19. The number of non-ortho nitro benzene ring substituents is 1. The van der Waals surface area contributed by atoms with Gasteiger partial charge in [-0.1, -0.05) is 11.3 Å². The first-order chi connectivity index (χ1) is 14.6. The van der Waals surface area contributed by atoms with E-state index in [4.69, 9.17) is 4.74 Å². The van der Waals surface area contributed by atoms with E-state index in [1.165, 1.54) is 48.2 Å². The number of sulfonamides is 1. The van der Waals surface area contributed by atoms with E-state index in [1.54, 1.807) is 13.0 Å². The number of rotatable bonds is 7. The molecule has 0 radical (unpaired) electrons. The van der Waals surface area contributed by atoms with Gasteiger partial charge in [0.25, 0.3) is 11.6 Å². The second kappa shape index (κ2) is 8.39. The summed E-state index contributed by atoms with van der Waals surface area (Å²) < 4.78 is 31.7. The number of carbonyl (C=O) groups is 1. The van der Waals surface area contributed by atoms with E-state index >= 15 is 0 Å². The van der Waals surface area contributed by atoms with Gasteiger partial charge < -0.3 is 10.1 Å². The lowest BCUT2D eigenvalue weighted by atomic mass is 10.2. The van der Waals surface area contributed by atoms with Crippen molar-refractivity contribution in [1.29, 1.82) is 0 Å². The first-order valence-corrected chi connectivity index (χ1v) is 10.6. The van der Waals surface area contributed by atoms with E-state index in [0.29, 0.717) is 17.1 Å². The van der Waals surface area contributed by atoms with Crippen LogP contribution >= 0.6 is 0 Å². The maximum absolute atomic E-state index is 12.7. The predicted molar refractivity (Wildman–Crippen MR) is 112 cm³/mol. The minimum absolute atomic E-state index is 0.0174. The molecule has 3 rings (SSSR count). The van der Waals surface area contributed by atoms with Gasteiger partial charge in [-0.2, -0.15) is 0 Å². The molecule has 0 saturated carbocycles. The van der Waals surface area contributed by atoms with Crippen LogP contribution in [0, 0.1) is 17.0 Å². The van der Waals surface area contributed by atoms with Crippen molar-refractivity contribution in [2.45, 2.75) is 6.92 Å². The quantitative estimate of drug-likeness (QED) is 0.412. The van der Waals surface area contributed by atoms with Crippen molar-refractivity contribution in [3.05, 3.63) is 64.0 Å². The first-order valence-electron chi connectivity index (χ1n) is 8.73. The number of hydrogen-bond donors (Lipinski definition) is 2. The number of nitrogens with zero attached hydrogens (tertiary/aromatic N) is 4. The van der Waals surface area contributed by atoms with Gasteiger partial charge in [-0.05, 0) is 25.1 Å². The van der Waals surface area contributed by atoms with Gasteiger partial charge in [-0.15, -0.1) is 5.10 Å². The molecule has 1 aromatic heterocycles. The number of hydrogen-bond acceptors (Lipinski definition) is 8. The lowest BCUT2D eigenvalue weighted by molar-refractivity contribution is -0.384. The molecule has 3 aromatic rings. The smallest absolute Gasteiger partial charge is 0.278 e. The molecule has 162 valence electrons. The average Bonchev–Trinajstić information content (AvgIpc) is 3.09. The van der Waals surface area contributed by atoms with Crippen LogP contribution in [-0.2, 0) is 10.0 Å². The molecule has 0 aliphatic heterocycles. The standard InChI is InChI=1S/C18H18N6O6S/c1-11-17(20-22-23(11)13-5-4-6-14(10-13)24(26)27)18(25)19-12-7-8-15(16(9-12)30-2)21-31(3,28)29/h4-10,21H,1-3H3,(H,19,25). The molecule has 0 aliphatic carbocycles. The van der Waals surface area contributed by atoms with Crippen molar-refractivity contribution >= 4 is 33.0 Å². The minimum Gasteiger partial charge on any atom is -0.494 e. The number of aromatic nitrogens is 3. The van der Waals surface area contributed by atoms with Crippen molar-refractivity contribution in [2.24, 2.45) is 0 Å². The predicted octanol–water partition coefficient (Wildman–Crippen LogP) is 2.12. The molecule has 13 heteroatoms. The highest BCUT2D eigenvalue weighted by molar-refractivity contribution is 7.92. The van der Waals surface area contributed by atoms with Crippen molar-refractivity contribution < 1.29 is 22.9 Å². The molecule has 0 saturated heterocycles. The Hall–Kier alpha value is -4.00. The summed E-state index contributed by atoms with van der Waals surface area (Å²) in [7, 11) is -2.14. The Kier molecular flexibility index (Phi) is 5.88. The fraction of sp³-hybridized carbons (Fsp3) is 0.167. The van der Waals surface area contributed by atoms with Crippen LogP contribution in [0.4, 0.5) is 17.1 Å². The lowest BCUT2D eigenvalue weighted by Crippen LogP contribution is -2.15. The SMILES string of the molecule is COc1cc(NC(=O)c2nnn(-c3cccc([N+](=O)[O-])c3)c2C)ccc1NS(C)(=O)=O. The number of nitrogens with one attached hydrogen (secondary N) is 2. The van der Waals surface area contributed by atoms with Gasteiger partial charge >= 0.3 is 0 Å². The molecule has 0 bridgehead atoms.